The Labute approximate surface area is 234 Å². The van der Waals surface area contributed by atoms with Gasteiger partial charge in [0.25, 0.3) is 0 Å². The second kappa shape index (κ2) is 15.4. The van der Waals surface area contributed by atoms with Crippen molar-refractivity contribution in [2.75, 3.05) is 37.3 Å². The van der Waals surface area contributed by atoms with E-state index in [9.17, 15) is 10.5 Å². The summed E-state index contributed by atoms with van der Waals surface area (Å²) in [5, 5.41) is 26.8. The van der Waals surface area contributed by atoms with Crippen LogP contribution in [-0.2, 0) is 12.0 Å². The Balaban J connectivity index is 0.00000127. The first-order valence-electron chi connectivity index (χ1n) is 14.0. The minimum absolute atomic E-state index is 0.249. The van der Waals surface area contributed by atoms with Gasteiger partial charge >= 0.3 is 0 Å². The number of hydrogen-bond acceptors (Lipinski definition) is 6. The van der Waals surface area contributed by atoms with E-state index in [1.54, 1.807) is 6.20 Å². The Morgan fingerprint density at radius 1 is 1.05 bits per heavy atom. The molecular weight excluding hydrogens is 482 g/mol. The number of benzene rings is 1. The van der Waals surface area contributed by atoms with Gasteiger partial charge in [-0.3, -0.25) is 4.98 Å². The van der Waals surface area contributed by atoms with Crippen molar-refractivity contribution in [2.24, 2.45) is 0 Å². The summed E-state index contributed by atoms with van der Waals surface area (Å²) in [6, 6.07) is 17.0. The average molecular weight is 526 g/mol. The van der Waals surface area contributed by atoms with Gasteiger partial charge in [-0.25, -0.2) is 0 Å². The van der Waals surface area contributed by atoms with E-state index in [-0.39, 0.29) is 6.54 Å². The standard InChI is InChI=1S/C28H31N7.2C2H6/c1-28(2,20-30)27-10-9-22(19-32-27)31-14-5-6-23-18-24-25(33-21-11-15-34(3)16-12-21)7-4-8-26(24)35(23)17-13-29;2*1-2/h4,7-10,18-19,21,31,33H,11-12,14-17H2,1-3H3;2*1-2H3. The molecule has 0 radical (unpaired) electrons. The van der Waals surface area contributed by atoms with Gasteiger partial charge in [0.1, 0.15) is 6.54 Å². The van der Waals surface area contributed by atoms with Gasteiger partial charge in [0, 0.05) is 17.1 Å². The molecule has 0 atom stereocenters. The quantitative estimate of drug-likeness (QED) is 0.363. The second-order valence-corrected chi connectivity index (χ2v) is 9.56. The highest BCUT2D eigenvalue weighted by atomic mass is 15.1. The molecule has 1 saturated heterocycles. The normalized spacial score (nSPS) is 13.4. The van der Waals surface area contributed by atoms with Gasteiger partial charge in [0.15, 0.2) is 0 Å². The van der Waals surface area contributed by atoms with Crippen LogP contribution in [0.4, 0.5) is 11.4 Å². The molecule has 0 amide bonds. The molecule has 0 bridgehead atoms. The zero-order valence-corrected chi connectivity index (χ0v) is 24.6. The minimum atomic E-state index is -0.618. The summed E-state index contributed by atoms with van der Waals surface area (Å²) in [4.78, 5) is 6.77. The average Bonchev–Trinajstić information content (AvgIpc) is 3.33. The van der Waals surface area contributed by atoms with Crippen LogP contribution >= 0.6 is 0 Å². The van der Waals surface area contributed by atoms with Crippen LogP contribution in [0.5, 0.6) is 0 Å². The maximum Gasteiger partial charge on any atom is 0.111 e. The Morgan fingerprint density at radius 2 is 1.77 bits per heavy atom. The van der Waals surface area contributed by atoms with Crippen LogP contribution < -0.4 is 10.6 Å². The number of nitriles is 2. The third-order valence-corrected chi connectivity index (χ3v) is 6.53. The summed E-state index contributed by atoms with van der Waals surface area (Å²) in [6.45, 7) is 14.6. The summed E-state index contributed by atoms with van der Waals surface area (Å²) in [5.41, 5.74) is 3.91. The van der Waals surface area contributed by atoms with E-state index in [0.717, 1.165) is 59.6 Å². The predicted octanol–water partition coefficient (Wildman–Crippen LogP) is 6.38. The molecule has 7 heteroatoms. The number of pyridine rings is 1. The molecule has 1 aliphatic heterocycles. The number of aromatic nitrogens is 2. The van der Waals surface area contributed by atoms with Gasteiger partial charge in [0.05, 0.1) is 52.9 Å². The van der Waals surface area contributed by atoms with Gasteiger partial charge < -0.3 is 20.1 Å². The number of hydrogen-bond donors (Lipinski definition) is 2. The van der Waals surface area contributed by atoms with E-state index in [1.165, 1.54) is 0 Å². The number of nitrogens with one attached hydrogen (secondary N) is 2. The molecule has 0 spiro atoms. The summed E-state index contributed by atoms with van der Waals surface area (Å²) in [7, 11) is 2.17. The molecule has 7 nitrogen and oxygen atoms in total. The topological polar surface area (TPSA) is 92.7 Å². The van der Waals surface area contributed by atoms with E-state index in [2.05, 4.69) is 63.7 Å². The lowest BCUT2D eigenvalue weighted by Gasteiger charge is -2.30. The van der Waals surface area contributed by atoms with Gasteiger partial charge in [-0.1, -0.05) is 39.7 Å². The molecular formula is C32H43N7. The molecule has 0 saturated carbocycles. The smallest absolute Gasteiger partial charge is 0.111 e. The van der Waals surface area contributed by atoms with Crippen molar-refractivity contribution in [3.63, 3.8) is 0 Å². The highest BCUT2D eigenvalue weighted by Crippen LogP contribution is 2.29. The zero-order valence-electron chi connectivity index (χ0n) is 24.6. The molecule has 3 heterocycles. The molecule has 206 valence electrons. The van der Waals surface area contributed by atoms with Crippen molar-refractivity contribution >= 4 is 22.3 Å². The minimum Gasteiger partial charge on any atom is -0.382 e. The summed E-state index contributed by atoms with van der Waals surface area (Å²) >= 11 is 0. The lowest BCUT2D eigenvalue weighted by Crippen LogP contribution is -2.36. The van der Waals surface area contributed by atoms with E-state index in [4.69, 9.17) is 0 Å². The third-order valence-electron chi connectivity index (χ3n) is 6.53. The van der Waals surface area contributed by atoms with Crippen LogP contribution in [0.2, 0.25) is 0 Å². The maximum atomic E-state index is 9.42. The lowest BCUT2D eigenvalue weighted by molar-refractivity contribution is 0.264. The van der Waals surface area contributed by atoms with E-state index in [1.807, 2.05) is 70.4 Å². The van der Waals surface area contributed by atoms with Gasteiger partial charge in [0.2, 0.25) is 0 Å². The highest BCUT2D eigenvalue weighted by molar-refractivity contribution is 5.94. The number of nitrogens with zero attached hydrogens (tertiary/aromatic N) is 5. The van der Waals surface area contributed by atoms with Crippen molar-refractivity contribution in [1.29, 1.82) is 10.5 Å². The van der Waals surface area contributed by atoms with Crippen molar-refractivity contribution in [1.82, 2.24) is 14.5 Å². The van der Waals surface area contributed by atoms with Gasteiger partial charge in [-0.2, -0.15) is 10.5 Å². The molecule has 0 aliphatic carbocycles. The third kappa shape index (κ3) is 8.25. The fraction of sp³-hybridized carbons (Fsp3) is 0.469. The SMILES string of the molecule is CC.CC.CN1CCC(Nc2cccc3c2cc(C#CCNc2ccc(C(C)(C)C#N)nc2)n3CC#N)CC1. The number of likely N-dealkylation sites (tertiary alicyclic amines) is 1. The first-order chi connectivity index (χ1) is 18.9. The number of fused-ring (bicyclic) bond motifs is 1. The Bertz CT molecular complexity index is 1320. The Hall–Kier alpha value is -3.99. The number of rotatable bonds is 6. The van der Waals surface area contributed by atoms with Gasteiger partial charge in [-0.15, -0.1) is 0 Å². The molecule has 0 unspecified atom stereocenters. The van der Waals surface area contributed by atoms with Crippen LogP contribution in [0.25, 0.3) is 10.9 Å². The van der Waals surface area contributed by atoms with Crippen LogP contribution in [0.3, 0.4) is 0 Å². The highest BCUT2D eigenvalue weighted by Gasteiger charge is 2.21. The maximum absolute atomic E-state index is 9.42. The fourth-order valence-electron chi connectivity index (χ4n) is 4.33. The van der Waals surface area contributed by atoms with Crippen LogP contribution in [0, 0.1) is 34.5 Å². The molecule has 1 aliphatic rings. The van der Waals surface area contributed by atoms with Crippen molar-refractivity contribution < 1.29 is 0 Å². The van der Waals surface area contributed by atoms with Crippen LogP contribution in [0.1, 0.15) is 65.8 Å². The lowest BCUT2D eigenvalue weighted by atomic mass is 9.91. The fourth-order valence-corrected chi connectivity index (χ4v) is 4.33. The zero-order chi connectivity index (χ0) is 28.8. The van der Waals surface area contributed by atoms with Crippen LogP contribution in [-0.4, -0.2) is 47.2 Å². The van der Waals surface area contributed by atoms with Gasteiger partial charge in [-0.05, 0) is 83.1 Å². The molecule has 2 N–H and O–H groups in total. The van der Waals surface area contributed by atoms with E-state index >= 15 is 0 Å². The number of anilines is 2. The molecule has 1 fully saturated rings. The molecule has 2 aromatic heterocycles. The molecule has 1 aromatic carbocycles. The second-order valence-electron chi connectivity index (χ2n) is 9.56. The van der Waals surface area contributed by atoms with Crippen molar-refractivity contribution in [2.45, 2.75) is 72.4 Å². The van der Waals surface area contributed by atoms with Crippen LogP contribution in [0.15, 0.2) is 42.6 Å². The van der Waals surface area contributed by atoms with E-state index < -0.39 is 5.41 Å². The van der Waals surface area contributed by atoms with Crippen molar-refractivity contribution in [3.8, 4) is 24.0 Å². The molecule has 4 rings (SSSR count). The molecule has 39 heavy (non-hydrogen) atoms. The first-order valence-corrected chi connectivity index (χ1v) is 14.0. The Kier molecular flexibility index (Phi) is 12.4. The largest absolute Gasteiger partial charge is 0.382 e. The Morgan fingerprint density at radius 3 is 2.38 bits per heavy atom. The summed E-state index contributed by atoms with van der Waals surface area (Å²) < 4.78 is 1.97. The first kappa shape index (κ1) is 31.2. The predicted molar refractivity (Wildman–Crippen MR) is 163 cm³/mol. The monoisotopic (exact) mass is 525 g/mol. The summed E-state index contributed by atoms with van der Waals surface area (Å²) in [5.74, 6) is 6.41. The number of piperidine rings is 1. The van der Waals surface area contributed by atoms with E-state index in [0.29, 0.717) is 12.6 Å². The van der Waals surface area contributed by atoms with Crippen molar-refractivity contribution in [3.05, 3.63) is 54.0 Å². The molecule has 3 aromatic rings. The summed E-state index contributed by atoms with van der Waals surface area (Å²) in [6.07, 6.45) is 3.96.